The molecule has 4 rings (SSSR count). The molecular weight excluding hydrogens is 260 g/mol. The topological polar surface area (TPSA) is 40.5 Å². The third kappa shape index (κ3) is 1.81. The van der Waals surface area contributed by atoms with E-state index in [4.69, 9.17) is 0 Å². The molecule has 0 spiro atoms. The van der Waals surface area contributed by atoms with E-state index in [9.17, 15) is 10.2 Å². The highest BCUT2D eigenvalue weighted by molar-refractivity contribution is 5.32. The number of aliphatic hydroxyl groups excluding tert-OH is 2. The molecule has 1 saturated carbocycles. The lowest BCUT2D eigenvalue weighted by atomic mass is 9.52. The van der Waals surface area contributed by atoms with E-state index in [0.717, 1.165) is 38.0 Å². The molecule has 0 aromatic rings. The molecule has 0 bridgehead atoms. The minimum atomic E-state index is -0.242. The van der Waals surface area contributed by atoms with E-state index < -0.39 is 0 Å². The third-order valence-electron chi connectivity index (χ3n) is 6.98. The van der Waals surface area contributed by atoms with E-state index in [2.05, 4.69) is 25.2 Å². The second-order valence-corrected chi connectivity index (χ2v) is 7.53. The van der Waals surface area contributed by atoms with Gasteiger partial charge >= 0.3 is 0 Å². The monoisotopic (exact) mass is 286 g/mol. The molecule has 0 aliphatic heterocycles. The quantitative estimate of drug-likeness (QED) is 0.711. The summed E-state index contributed by atoms with van der Waals surface area (Å²) < 4.78 is 0. The normalized spacial score (nSPS) is 48.0. The molecule has 4 aliphatic rings. The molecule has 0 radical (unpaired) electrons. The second kappa shape index (κ2) is 4.74. The lowest BCUT2D eigenvalue weighted by Gasteiger charge is -2.53. The Bertz CT molecular complexity index is 530. The first kappa shape index (κ1) is 13.6. The summed E-state index contributed by atoms with van der Waals surface area (Å²) >= 11 is 0. The SMILES string of the molecule is CC[C@]12CCC3C4CCC(O)=CC4=CCC3C1C=C[C@@H]2O. The molecule has 0 saturated heterocycles. The first-order chi connectivity index (χ1) is 10.2. The smallest absolute Gasteiger partial charge is 0.0925 e. The maximum atomic E-state index is 10.5. The Morgan fingerprint density at radius 3 is 2.90 bits per heavy atom. The van der Waals surface area contributed by atoms with E-state index >= 15 is 0 Å². The van der Waals surface area contributed by atoms with Crippen molar-refractivity contribution < 1.29 is 10.2 Å². The molecule has 4 unspecified atom stereocenters. The molecule has 2 nitrogen and oxygen atoms in total. The van der Waals surface area contributed by atoms with Crippen LogP contribution in [0.1, 0.15) is 45.4 Å². The van der Waals surface area contributed by atoms with Gasteiger partial charge in [0.15, 0.2) is 0 Å². The summed E-state index contributed by atoms with van der Waals surface area (Å²) in [6, 6.07) is 0. The van der Waals surface area contributed by atoms with Crippen LogP contribution in [0.25, 0.3) is 0 Å². The summed E-state index contributed by atoms with van der Waals surface area (Å²) in [5.74, 6) is 3.18. The molecule has 4 aliphatic carbocycles. The van der Waals surface area contributed by atoms with Crippen LogP contribution in [-0.2, 0) is 0 Å². The summed E-state index contributed by atoms with van der Waals surface area (Å²) in [6.45, 7) is 2.25. The van der Waals surface area contributed by atoms with Crippen LogP contribution in [-0.4, -0.2) is 16.3 Å². The first-order valence-electron chi connectivity index (χ1n) is 8.61. The lowest BCUT2D eigenvalue weighted by molar-refractivity contribution is -0.0495. The van der Waals surface area contributed by atoms with Gasteiger partial charge in [-0.2, -0.15) is 0 Å². The fourth-order valence-corrected chi connectivity index (χ4v) is 5.83. The number of rotatable bonds is 1. The van der Waals surface area contributed by atoms with Crippen LogP contribution in [0.15, 0.2) is 35.6 Å². The Labute approximate surface area is 127 Å². The van der Waals surface area contributed by atoms with E-state index in [1.165, 1.54) is 12.0 Å². The predicted octanol–water partition coefficient (Wildman–Crippen LogP) is 4.14. The Morgan fingerprint density at radius 1 is 1.24 bits per heavy atom. The maximum Gasteiger partial charge on any atom is 0.0925 e. The van der Waals surface area contributed by atoms with Gasteiger partial charge in [0.25, 0.3) is 0 Å². The average molecular weight is 286 g/mol. The Balaban J connectivity index is 1.68. The van der Waals surface area contributed by atoms with Gasteiger partial charge in [0, 0.05) is 11.8 Å². The van der Waals surface area contributed by atoms with Crippen LogP contribution in [0.3, 0.4) is 0 Å². The van der Waals surface area contributed by atoms with E-state index in [1.54, 1.807) is 0 Å². The second-order valence-electron chi connectivity index (χ2n) is 7.53. The van der Waals surface area contributed by atoms with Gasteiger partial charge in [-0.3, -0.25) is 0 Å². The number of hydrogen-bond acceptors (Lipinski definition) is 2. The molecule has 114 valence electrons. The van der Waals surface area contributed by atoms with Crippen molar-refractivity contribution in [3.05, 3.63) is 35.6 Å². The zero-order chi connectivity index (χ0) is 14.6. The highest BCUT2D eigenvalue weighted by Gasteiger charge is 2.54. The van der Waals surface area contributed by atoms with Crippen molar-refractivity contribution in [2.24, 2.45) is 29.1 Å². The van der Waals surface area contributed by atoms with Crippen molar-refractivity contribution in [3.63, 3.8) is 0 Å². The lowest BCUT2D eigenvalue weighted by Crippen LogP contribution is -2.48. The minimum Gasteiger partial charge on any atom is -0.512 e. The molecule has 0 heterocycles. The van der Waals surface area contributed by atoms with Crippen molar-refractivity contribution in [2.45, 2.75) is 51.6 Å². The van der Waals surface area contributed by atoms with Crippen LogP contribution < -0.4 is 0 Å². The summed E-state index contributed by atoms with van der Waals surface area (Å²) in [6.07, 6.45) is 15.1. The zero-order valence-electron chi connectivity index (χ0n) is 12.8. The Hall–Kier alpha value is -1.02. The van der Waals surface area contributed by atoms with Crippen molar-refractivity contribution >= 4 is 0 Å². The molecule has 0 amide bonds. The Morgan fingerprint density at radius 2 is 2.10 bits per heavy atom. The van der Waals surface area contributed by atoms with E-state index in [-0.39, 0.29) is 11.5 Å². The van der Waals surface area contributed by atoms with Crippen LogP contribution >= 0.6 is 0 Å². The Kier molecular flexibility index (Phi) is 3.08. The van der Waals surface area contributed by atoms with Crippen molar-refractivity contribution in [1.82, 2.24) is 0 Å². The van der Waals surface area contributed by atoms with Gasteiger partial charge in [-0.05, 0) is 67.4 Å². The molecule has 2 heteroatoms. The zero-order valence-corrected chi connectivity index (χ0v) is 12.8. The minimum absolute atomic E-state index is 0.110. The van der Waals surface area contributed by atoms with Crippen LogP contribution in [0.5, 0.6) is 0 Å². The van der Waals surface area contributed by atoms with E-state index in [1.807, 2.05) is 6.08 Å². The van der Waals surface area contributed by atoms with Crippen molar-refractivity contribution in [2.75, 3.05) is 0 Å². The van der Waals surface area contributed by atoms with Crippen LogP contribution in [0.4, 0.5) is 0 Å². The number of fused-ring (bicyclic) bond motifs is 5. The summed E-state index contributed by atoms with van der Waals surface area (Å²) in [5, 5.41) is 20.3. The summed E-state index contributed by atoms with van der Waals surface area (Å²) in [7, 11) is 0. The van der Waals surface area contributed by atoms with Gasteiger partial charge in [0.05, 0.1) is 11.9 Å². The third-order valence-corrected chi connectivity index (χ3v) is 6.98. The van der Waals surface area contributed by atoms with Crippen LogP contribution in [0.2, 0.25) is 0 Å². The predicted molar refractivity (Wildman–Crippen MR) is 83.7 cm³/mol. The fourth-order valence-electron chi connectivity index (χ4n) is 5.83. The molecular formula is C19H26O2. The van der Waals surface area contributed by atoms with Gasteiger partial charge in [-0.15, -0.1) is 0 Å². The molecule has 1 fully saturated rings. The summed E-state index contributed by atoms with van der Waals surface area (Å²) in [4.78, 5) is 0. The standard InChI is InChI=1S/C19H26O2/c1-2-19-10-9-15-14-6-4-13(20)11-12(14)3-5-16(15)17(19)7-8-18(19)21/h3,7-8,11,14-18,20-21H,2,4-6,9-10H2,1H3/t14?,15?,16?,17?,18-,19-/m0/s1. The van der Waals surface area contributed by atoms with E-state index in [0.29, 0.717) is 23.5 Å². The average Bonchev–Trinajstić information content (AvgIpc) is 2.84. The van der Waals surface area contributed by atoms with Gasteiger partial charge < -0.3 is 10.2 Å². The van der Waals surface area contributed by atoms with Gasteiger partial charge in [0.2, 0.25) is 0 Å². The van der Waals surface area contributed by atoms with Gasteiger partial charge in [0.1, 0.15) is 0 Å². The molecule has 2 N–H and O–H groups in total. The number of hydrogen-bond donors (Lipinski definition) is 2. The maximum absolute atomic E-state index is 10.5. The molecule has 0 aromatic carbocycles. The molecule has 6 atom stereocenters. The number of allylic oxidation sites excluding steroid dienone is 5. The van der Waals surface area contributed by atoms with Gasteiger partial charge in [-0.25, -0.2) is 0 Å². The van der Waals surface area contributed by atoms with Crippen molar-refractivity contribution in [1.29, 1.82) is 0 Å². The van der Waals surface area contributed by atoms with Crippen LogP contribution in [0, 0.1) is 29.1 Å². The number of aliphatic hydroxyl groups is 2. The highest BCUT2D eigenvalue weighted by atomic mass is 16.3. The molecule has 0 aromatic heterocycles. The highest BCUT2D eigenvalue weighted by Crippen LogP contribution is 2.60. The largest absolute Gasteiger partial charge is 0.512 e. The summed E-state index contributed by atoms with van der Waals surface area (Å²) in [5.41, 5.74) is 1.49. The fraction of sp³-hybridized carbons (Fsp3) is 0.684. The van der Waals surface area contributed by atoms with Gasteiger partial charge in [-0.1, -0.05) is 25.2 Å². The van der Waals surface area contributed by atoms with Crippen molar-refractivity contribution in [3.8, 4) is 0 Å². The molecule has 21 heavy (non-hydrogen) atoms. The first-order valence-corrected chi connectivity index (χ1v) is 8.61.